The number of nitrogens with zero attached hydrogens (tertiary/aromatic N) is 1. The van der Waals surface area contributed by atoms with Gasteiger partial charge in [0, 0.05) is 30.5 Å². The van der Waals surface area contributed by atoms with Crippen LogP contribution in [0, 0.1) is 11.8 Å². The van der Waals surface area contributed by atoms with Crippen LogP contribution in [0.25, 0.3) is 0 Å². The molecule has 1 aromatic heterocycles. The monoisotopic (exact) mass is 663 g/mol. The molecule has 0 unspecified atom stereocenters. The number of carboxylic acids is 1. The molecule has 0 saturated carbocycles. The summed E-state index contributed by atoms with van der Waals surface area (Å²) in [6.07, 6.45) is 5.97. The first kappa shape index (κ1) is 34.8. The largest absolute Gasteiger partial charge is 0.504 e. The topological polar surface area (TPSA) is 186 Å². The van der Waals surface area contributed by atoms with Crippen LogP contribution in [-0.2, 0) is 16.0 Å². The molecule has 0 amide bonds. The number of carbonyl (C=O) groups is 1. The molecule has 0 bridgehead atoms. The first-order valence-corrected chi connectivity index (χ1v) is 16.2. The zero-order valence-corrected chi connectivity index (χ0v) is 27.4. The van der Waals surface area contributed by atoms with Gasteiger partial charge in [-0.3, -0.25) is 4.79 Å². The molecule has 1 fully saturated rings. The highest BCUT2D eigenvalue weighted by atomic mass is 16.5. The van der Waals surface area contributed by atoms with Crippen molar-refractivity contribution in [3.63, 3.8) is 0 Å². The summed E-state index contributed by atoms with van der Waals surface area (Å²) < 4.78 is 23.5. The number of aryl methyl sites for hydroxylation is 1. The van der Waals surface area contributed by atoms with Gasteiger partial charge in [0.15, 0.2) is 23.0 Å². The van der Waals surface area contributed by atoms with Crippen molar-refractivity contribution in [2.75, 3.05) is 33.1 Å². The molecule has 0 radical (unpaired) electrons. The minimum Gasteiger partial charge on any atom is -0.504 e. The van der Waals surface area contributed by atoms with Gasteiger partial charge in [0.05, 0.1) is 38.4 Å². The maximum atomic E-state index is 12.4. The number of aliphatic carboxylic acids is 1. The standard InChI is InChI=1S/C36H45N3O9/c1-4-38-27(34-25(8-9-26(34)36(43)44)21-11-12-39-33(37)16-21)19-47-32-15-22(14-31(46-3)35(32)42)29-18-23(40)17-24(48-29)7-5-20-6-10-28(41)30(13-20)45-2/h6,8-16,23-27,29,34,38,40-42H,4-5,7,17-19H2,1-3H3,(H2,37,39)(H,43,44)/t23-,24-,25+,26-,27+,29-,34+/m0/s1. The van der Waals surface area contributed by atoms with Crippen LogP contribution in [0.4, 0.5) is 5.82 Å². The van der Waals surface area contributed by atoms with Crippen LogP contribution < -0.4 is 25.3 Å². The molecule has 7 atom stereocenters. The van der Waals surface area contributed by atoms with Crippen molar-refractivity contribution < 1.29 is 44.2 Å². The SMILES string of the molecule is CCN[C@H](COc1cc([C@@H]2C[C@@H](O)C[C@H](CCc3ccc(O)c(OC)c3)O2)cc(OC)c1O)[C@H]1[C@@H](C(=O)O)C=C[C@@H]1c1ccnc(N)c1. The molecule has 2 aromatic carbocycles. The molecule has 1 saturated heterocycles. The van der Waals surface area contributed by atoms with E-state index >= 15 is 0 Å². The number of nitrogen functional groups attached to an aromatic ring is 1. The van der Waals surface area contributed by atoms with Crippen LogP contribution in [0.2, 0.25) is 0 Å². The van der Waals surface area contributed by atoms with E-state index in [2.05, 4.69) is 10.3 Å². The van der Waals surface area contributed by atoms with Gasteiger partial charge in [-0.25, -0.2) is 4.98 Å². The summed E-state index contributed by atoms with van der Waals surface area (Å²) in [6, 6.07) is 11.8. The maximum absolute atomic E-state index is 12.4. The van der Waals surface area contributed by atoms with Gasteiger partial charge in [-0.2, -0.15) is 0 Å². The molecule has 12 nitrogen and oxygen atoms in total. The zero-order chi connectivity index (χ0) is 34.4. The second-order valence-electron chi connectivity index (χ2n) is 12.3. The summed E-state index contributed by atoms with van der Waals surface area (Å²) >= 11 is 0. The summed E-state index contributed by atoms with van der Waals surface area (Å²) in [5, 5.41) is 45.3. The lowest BCUT2D eigenvalue weighted by Crippen LogP contribution is -2.46. The van der Waals surface area contributed by atoms with Crippen LogP contribution in [0.5, 0.6) is 28.7 Å². The quantitative estimate of drug-likeness (QED) is 0.134. The molecule has 12 heteroatoms. The number of allylic oxidation sites excluding steroid dienone is 1. The van der Waals surface area contributed by atoms with E-state index in [1.54, 1.807) is 42.6 Å². The number of aromatic nitrogens is 1. The molecule has 48 heavy (non-hydrogen) atoms. The van der Waals surface area contributed by atoms with Crippen LogP contribution in [-0.4, -0.2) is 77.0 Å². The van der Waals surface area contributed by atoms with Gasteiger partial charge < -0.3 is 50.4 Å². The lowest BCUT2D eigenvalue weighted by atomic mass is 9.79. The van der Waals surface area contributed by atoms with Gasteiger partial charge in [0.25, 0.3) is 0 Å². The predicted molar refractivity (Wildman–Crippen MR) is 179 cm³/mol. The van der Waals surface area contributed by atoms with E-state index in [4.69, 9.17) is 24.7 Å². The Morgan fingerprint density at radius 2 is 1.81 bits per heavy atom. The number of phenols is 2. The number of phenolic OH excluding ortho intramolecular Hbond substituents is 2. The van der Waals surface area contributed by atoms with Gasteiger partial charge in [0.1, 0.15) is 12.4 Å². The fraction of sp³-hybridized carbons (Fsp3) is 0.444. The number of nitrogens with two attached hydrogens (primary N) is 1. The first-order chi connectivity index (χ1) is 23.1. The molecule has 0 spiro atoms. The average molecular weight is 664 g/mol. The Labute approximate surface area is 280 Å². The second kappa shape index (κ2) is 15.6. The van der Waals surface area contributed by atoms with Crippen LogP contribution in [0.15, 0.2) is 60.8 Å². The van der Waals surface area contributed by atoms with Crippen molar-refractivity contribution in [1.29, 1.82) is 0 Å². The number of aliphatic hydroxyl groups is 1. The van der Waals surface area contributed by atoms with Crippen molar-refractivity contribution in [3.8, 4) is 28.7 Å². The molecule has 2 heterocycles. The van der Waals surface area contributed by atoms with Crippen molar-refractivity contribution in [3.05, 3.63) is 77.5 Å². The molecule has 1 aliphatic carbocycles. The number of ether oxygens (including phenoxy) is 4. The van der Waals surface area contributed by atoms with Gasteiger partial charge in [-0.05, 0) is 78.9 Å². The Morgan fingerprint density at radius 3 is 2.52 bits per heavy atom. The highest BCUT2D eigenvalue weighted by Crippen LogP contribution is 2.44. The van der Waals surface area contributed by atoms with E-state index in [1.165, 1.54) is 14.2 Å². The molecule has 2 aliphatic rings. The molecule has 3 aromatic rings. The summed E-state index contributed by atoms with van der Waals surface area (Å²) in [5.41, 5.74) is 8.46. The summed E-state index contributed by atoms with van der Waals surface area (Å²) in [7, 11) is 2.95. The lowest BCUT2D eigenvalue weighted by Gasteiger charge is -2.34. The van der Waals surface area contributed by atoms with Crippen molar-refractivity contribution in [1.82, 2.24) is 10.3 Å². The molecule has 258 valence electrons. The highest BCUT2D eigenvalue weighted by Gasteiger charge is 2.42. The zero-order valence-electron chi connectivity index (χ0n) is 27.4. The number of anilines is 1. The number of benzene rings is 2. The van der Waals surface area contributed by atoms with E-state index in [0.29, 0.717) is 49.4 Å². The molecule has 7 N–H and O–H groups in total. The number of aliphatic hydroxyl groups excluding tert-OH is 1. The number of methoxy groups -OCH3 is 2. The van der Waals surface area contributed by atoms with E-state index in [1.807, 2.05) is 25.1 Å². The van der Waals surface area contributed by atoms with Crippen molar-refractivity contribution in [2.24, 2.45) is 11.8 Å². The van der Waals surface area contributed by atoms with Gasteiger partial charge in [0.2, 0.25) is 5.75 Å². The van der Waals surface area contributed by atoms with Crippen LogP contribution in [0.3, 0.4) is 0 Å². The van der Waals surface area contributed by atoms with Crippen molar-refractivity contribution in [2.45, 2.75) is 62.9 Å². The number of nitrogens with one attached hydrogen (secondary N) is 1. The number of aromatic hydroxyl groups is 2. The Bertz CT molecular complexity index is 1600. The van der Waals surface area contributed by atoms with Crippen LogP contribution in [0.1, 0.15) is 54.9 Å². The molecular weight excluding hydrogens is 618 g/mol. The highest BCUT2D eigenvalue weighted by molar-refractivity contribution is 5.74. The Balaban J connectivity index is 1.34. The fourth-order valence-corrected chi connectivity index (χ4v) is 6.87. The summed E-state index contributed by atoms with van der Waals surface area (Å²) in [5.74, 6) is -1.41. The fourth-order valence-electron chi connectivity index (χ4n) is 6.87. The van der Waals surface area contributed by atoms with Crippen molar-refractivity contribution >= 4 is 11.8 Å². The second-order valence-corrected chi connectivity index (χ2v) is 12.3. The summed E-state index contributed by atoms with van der Waals surface area (Å²) in [4.78, 5) is 16.4. The van der Waals surface area contributed by atoms with E-state index in [9.17, 15) is 25.2 Å². The molecular formula is C36H45N3O9. The molecule has 1 aliphatic heterocycles. The third-order valence-corrected chi connectivity index (χ3v) is 9.21. The van der Waals surface area contributed by atoms with E-state index in [0.717, 1.165) is 11.1 Å². The van der Waals surface area contributed by atoms with Gasteiger partial charge in [-0.15, -0.1) is 0 Å². The average Bonchev–Trinajstić information content (AvgIpc) is 3.52. The number of hydrogen-bond donors (Lipinski definition) is 6. The predicted octanol–water partition coefficient (Wildman–Crippen LogP) is 4.33. The number of carboxylic acid groups (broad SMARTS) is 1. The minimum absolute atomic E-state index is 0.0497. The minimum atomic E-state index is -0.942. The first-order valence-electron chi connectivity index (χ1n) is 16.2. The van der Waals surface area contributed by atoms with Gasteiger partial charge >= 0.3 is 5.97 Å². The number of hydrogen-bond acceptors (Lipinski definition) is 11. The van der Waals surface area contributed by atoms with Gasteiger partial charge in [-0.1, -0.05) is 25.1 Å². The van der Waals surface area contributed by atoms with E-state index < -0.39 is 36.1 Å². The Hall–Kier alpha value is -4.52. The number of likely N-dealkylation sites (N-methyl/N-ethyl adjacent to an activating group) is 1. The van der Waals surface area contributed by atoms with E-state index in [-0.39, 0.29) is 41.6 Å². The normalized spacial score (nSPS) is 24.2. The number of pyridine rings is 1. The van der Waals surface area contributed by atoms with Crippen LogP contribution >= 0.6 is 0 Å². The smallest absolute Gasteiger partial charge is 0.310 e. The maximum Gasteiger partial charge on any atom is 0.310 e. The molecule has 5 rings (SSSR count). The lowest BCUT2D eigenvalue weighted by molar-refractivity contribution is -0.142. The summed E-state index contributed by atoms with van der Waals surface area (Å²) in [6.45, 7) is 2.55. The Morgan fingerprint density at radius 1 is 1.04 bits per heavy atom. The number of rotatable bonds is 14. The third-order valence-electron chi connectivity index (χ3n) is 9.21. The third kappa shape index (κ3) is 7.95. The Kier molecular flexibility index (Phi) is 11.3.